The maximum atomic E-state index is 12.3. The molecule has 112 valence electrons. The Kier molecular flexibility index (Phi) is 2.78. The summed E-state index contributed by atoms with van der Waals surface area (Å²) in [6, 6.07) is 11.6. The van der Waals surface area contributed by atoms with Crippen LogP contribution in [0.5, 0.6) is 0 Å². The van der Waals surface area contributed by atoms with Crippen LogP contribution in [0.4, 0.5) is 0 Å². The van der Waals surface area contributed by atoms with Gasteiger partial charge in [-0.1, -0.05) is 36.4 Å². The van der Waals surface area contributed by atoms with E-state index in [-0.39, 0.29) is 5.57 Å². The molecule has 4 rings (SSSR count). The summed E-state index contributed by atoms with van der Waals surface area (Å²) >= 11 is 0. The van der Waals surface area contributed by atoms with E-state index in [1.165, 1.54) is 0 Å². The molecule has 0 amide bonds. The van der Waals surface area contributed by atoms with E-state index >= 15 is 0 Å². The lowest BCUT2D eigenvalue weighted by molar-refractivity contribution is -0.419. The van der Waals surface area contributed by atoms with Crippen molar-refractivity contribution >= 4 is 22.3 Å². The van der Waals surface area contributed by atoms with Crippen molar-refractivity contribution in [3.63, 3.8) is 0 Å². The van der Waals surface area contributed by atoms with Gasteiger partial charge in [-0.3, -0.25) is 19.7 Å². The molecule has 0 saturated carbocycles. The van der Waals surface area contributed by atoms with Crippen molar-refractivity contribution in [1.29, 1.82) is 0 Å². The van der Waals surface area contributed by atoms with Crippen LogP contribution in [0.2, 0.25) is 0 Å². The molecule has 0 fully saturated rings. The highest BCUT2D eigenvalue weighted by Gasteiger charge is 2.40. The van der Waals surface area contributed by atoms with E-state index in [4.69, 9.17) is 0 Å². The molecule has 1 unspecified atom stereocenters. The third kappa shape index (κ3) is 1.86. The molecule has 0 aromatic heterocycles. The molecule has 0 radical (unpaired) electrons. The van der Waals surface area contributed by atoms with Gasteiger partial charge in [-0.25, -0.2) is 0 Å². The molecule has 5 heteroatoms. The number of hydrogen-bond donors (Lipinski definition) is 0. The highest BCUT2D eigenvalue weighted by molar-refractivity contribution is 6.20. The van der Waals surface area contributed by atoms with E-state index in [0.29, 0.717) is 6.42 Å². The van der Waals surface area contributed by atoms with Gasteiger partial charge in [0.15, 0.2) is 5.78 Å². The SMILES string of the molecule is O=C1C=CC(=O)C([N+](=O)[O-])=C1C1Cc2cccc3cccc1c23. The topological polar surface area (TPSA) is 77.3 Å². The van der Waals surface area contributed by atoms with Crippen molar-refractivity contribution in [2.45, 2.75) is 12.3 Å². The molecule has 0 bridgehead atoms. The molecule has 0 aliphatic heterocycles. The molecule has 1 atom stereocenters. The highest BCUT2D eigenvalue weighted by Crippen LogP contribution is 2.43. The first-order valence-corrected chi connectivity index (χ1v) is 7.23. The fourth-order valence-electron chi connectivity index (χ4n) is 3.59. The average Bonchev–Trinajstić information content (AvgIpc) is 2.90. The zero-order valence-electron chi connectivity index (χ0n) is 12.0. The Hall–Kier alpha value is -3.08. The van der Waals surface area contributed by atoms with Crippen LogP contribution in [0.1, 0.15) is 17.0 Å². The molecule has 0 spiro atoms. The summed E-state index contributed by atoms with van der Waals surface area (Å²) in [5.41, 5.74) is 1.34. The minimum Gasteiger partial charge on any atom is -0.289 e. The quantitative estimate of drug-likeness (QED) is 0.485. The van der Waals surface area contributed by atoms with Gasteiger partial charge >= 0.3 is 5.70 Å². The van der Waals surface area contributed by atoms with Gasteiger partial charge in [0.05, 0.1) is 10.5 Å². The zero-order valence-corrected chi connectivity index (χ0v) is 12.0. The lowest BCUT2D eigenvalue weighted by atomic mass is 9.84. The van der Waals surface area contributed by atoms with Crippen molar-refractivity contribution in [1.82, 2.24) is 0 Å². The van der Waals surface area contributed by atoms with Crippen molar-refractivity contribution in [2.24, 2.45) is 0 Å². The van der Waals surface area contributed by atoms with Gasteiger partial charge in [-0.15, -0.1) is 0 Å². The monoisotopic (exact) mass is 305 g/mol. The first-order chi connectivity index (χ1) is 11.1. The second-order valence-electron chi connectivity index (χ2n) is 5.70. The Labute approximate surface area is 131 Å². The van der Waals surface area contributed by atoms with Crippen molar-refractivity contribution in [3.05, 3.63) is 81.1 Å². The number of carbonyl (C=O) groups is 2. The Morgan fingerprint density at radius 2 is 1.70 bits per heavy atom. The van der Waals surface area contributed by atoms with Gasteiger partial charge in [0.1, 0.15) is 0 Å². The molecule has 2 aromatic rings. The maximum Gasteiger partial charge on any atom is 0.323 e. The summed E-state index contributed by atoms with van der Waals surface area (Å²) in [6.07, 6.45) is 2.61. The van der Waals surface area contributed by atoms with E-state index < -0.39 is 28.1 Å². The third-order valence-electron chi connectivity index (χ3n) is 4.49. The lowest BCUT2D eigenvalue weighted by Crippen LogP contribution is -2.24. The van der Waals surface area contributed by atoms with Gasteiger partial charge < -0.3 is 0 Å². The first-order valence-electron chi connectivity index (χ1n) is 7.23. The van der Waals surface area contributed by atoms with Gasteiger partial charge in [0.25, 0.3) is 5.78 Å². The van der Waals surface area contributed by atoms with Gasteiger partial charge in [0.2, 0.25) is 0 Å². The van der Waals surface area contributed by atoms with Crippen LogP contribution in [0.25, 0.3) is 10.8 Å². The van der Waals surface area contributed by atoms with Gasteiger partial charge in [-0.05, 0) is 40.5 Å². The highest BCUT2D eigenvalue weighted by atomic mass is 16.6. The van der Waals surface area contributed by atoms with Crippen molar-refractivity contribution in [2.75, 3.05) is 0 Å². The minimum atomic E-state index is -0.734. The van der Waals surface area contributed by atoms with Gasteiger partial charge in [0, 0.05) is 5.92 Å². The fraction of sp³-hybridized carbons (Fsp3) is 0.111. The van der Waals surface area contributed by atoms with E-state index in [9.17, 15) is 19.7 Å². The fourth-order valence-corrected chi connectivity index (χ4v) is 3.59. The Morgan fingerprint density at radius 1 is 1.00 bits per heavy atom. The molecule has 23 heavy (non-hydrogen) atoms. The predicted octanol–water partition coefficient (Wildman–Crippen LogP) is 2.72. The summed E-state index contributed by atoms with van der Waals surface area (Å²) in [5.74, 6) is -1.61. The predicted molar refractivity (Wildman–Crippen MR) is 83.6 cm³/mol. The Morgan fingerprint density at radius 3 is 2.43 bits per heavy atom. The van der Waals surface area contributed by atoms with Crippen LogP contribution in [0.3, 0.4) is 0 Å². The van der Waals surface area contributed by atoms with E-state index in [0.717, 1.165) is 34.1 Å². The maximum absolute atomic E-state index is 12.3. The first kappa shape index (κ1) is 13.6. The molecular weight excluding hydrogens is 294 g/mol. The van der Waals surface area contributed by atoms with Crippen molar-refractivity contribution in [3.8, 4) is 0 Å². The molecule has 0 saturated heterocycles. The molecule has 0 N–H and O–H groups in total. The number of nitro groups is 1. The van der Waals surface area contributed by atoms with Crippen LogP contribution in [0, 0.1) is 10.1 Å². The number of hydrogen-bond acceptors (Lipinski definition) is 4. The van der Waals surface area contributed by atoms with Crippen LogP contribution >= 0.6 is 0 Å². The third-order valence-corrected chi connectivity index (χ3v) is 4.49. The summed E-state index contributed by atoms with van der Waals surface area (Å²) < 4.78 is 0. The molecular formula is C18H11NO4. The van der Waals surface area contributed by atoms with E-state index in [1.807, 2.05) is 36.4 Å². The second kappa shape index (κ2) is 4.71. The minimum absolute atomic E-state index is 0.00574. The number of rotatable bonds is 2. The van der Waals surface area contributed by atoms with Crippen LogP contribution in [-0.4, -0.2) is 16.5 Å². The molecule has 5 nitrogen and oxygen atoms in total. The average molecular weight is 305 g/mol. The summed E-state index contributed by atoms with van der Waals surface area (Å²) in [7, 11) is 0. The number of nitrogens with zero attached hydrogens (tertiary/aromatic N) is 1. The standard InChI is InChI=1S/C18H11NO4/c20-14-7-8-15(21)18(19(22)23)17(14)13-9-11-5-1-3-10-4-2-6-12(13)16(10)11/h1-8,13H,9H2. The zero-order chi connectivity index (χ0) is 16.1. The Balaban J connectivity index is 1.98. The Bertz CT molecular complexity index is 963. The van der Waals surface area contributed by atoms with E-state index in [1.54, 1.807) is 0 Å². The molecule has 0 heterocycles. The summed E-state index contributed by atoms with van der Waals surface area (Å²) in [5, 5.41) is 13.4. The number of ketones is 2. The number of allylic oxidation sites excluding steroid dienone is 3. The second-order valence-corrected chi connectivity index (χ2v) is 5.70. The lowest BCUT2D eigenvalue weighted by Gasteiger charge is -2.16. The largest absolute Gasteiger partial charge is 0.323 e. The van der Waals surface area contributed by atoms with Crippen LogP contribution < -0.4 is 0 Å². The molecule has 2 aliphatic rings. The van der Waals surface area contributed by atoms with Crippen LogP contribution in [0.15, 0.2) is 59.8 Å². The normalized spacial score (nSPS) is 19.7. The van der Waals surface area contributed by atoms with Crippen LogP contribution in [-0.2, 0) is 16.0 Å². The number of carbonyl (C=O) groups excluding carboxylic acids is 2. The summed E-state index contributed by atoms with van der Waals surface area (Å²) in [4.78, 5) is 34.8. The number of benzene rings is 2. The summed E-state index contributed by atoms with van der Waals surface area (Å²) in [6.45, 7) is 0. The van der Waals surface area contributed by atoms with Crippen molar-refractivity contribution < 1.29 is 14.5 Å². The molecule has 2 aromatic carbocycles. The van der Waals surface area contributed by atoms with E-state index in [2.05, 4.69) is 0 Å². The van der Waals surface area contributed by atoms with Gasteiger partial charge in [-0.2, -0.15) is 0 Å². The smallest absolute Gasteiger partial charge is 0.289 e. The molecule has 2 aliphatic carbocycles.